The summed E-state index contributed by atoms with van der Waals surface area (Å²) in [7, 11) is -2.02. The Hall–Kier alpha value is -0.660. The molecular weight excluding hydrogens is 230 g/mol. The molecule has 1 aliphatic rings. The van der Waals surface area contributed by atoms with Crippen molar-refractivity contribution >= 4 is 16.0 Å². The van der Waals surface area contributed by atoms with Crippen molar-refractivity contribution < 1.29 is 13.3 Å². The van der Waals surface area contributed by atoms with E-state index in [-0.39, 0.29) is 6.10 Å². The average molecular weight is 249 g/mol. The Morgan fingerprint density at radius 3 is 2.81 bits per heavy atom. The number of hydroxylamine groups is 1. The monoisotopic (exact) mass is 249 g/mol. The van der Waals surface area contributed by atoms with E-state index in [2.05, 4.69) is 9.88 Å². The van der Waals surface area contributed by atoms with Crippen molar-refractivity contribution in [2.75, 3.05) is 13.6 Å². The number of hydrogen-bond acceptors (Lipinski definition) is 3. The molecule has 0 aliphatic carbocycles. The highest BCUT2D eigenvalue weighted by Crippen LogP contribution is 2.09. The summed E-state index contributed by atoms with van der Waals surface area (Å²) in [5.41, 5.74) is 2.52. The molecule has 0 aromatic heterocycles. The van der Waals surface area contributed by atoms with Crippen molar-refractivity contribution in [2.45, 2.75) is 39.2 Å². The molecule has 1 rings (SSSR count). The fourth-order valence-corrected chi connectivity index (χ4v) is 2.17. The molecule has 1 unspecified atom stereocenters. The Balaban J connectivity index is 2.63. The van der Waals surface area contributed by atoms with Gasteiger partial charge in [0.2, 0.25) is 0 Å². The van der Waals surface area contributed by atoms with Crippen molar-refractivity contribution in [3.8, 4) is 0 Å². The quantitative estimate of drug-likeness (QED) is 0.777. The maximum Gasteiger partial charge on any atom is 0.323 e. The van der Waals surface area contributed by atoms with Crippen LogP contribution in [0.3, 0.4) is 0 Å². The van der Waals surface area contributed by atoms with Gasteiger partial charge in [0.15, 0.2) is 0 Å². The van der Waals surface area contributed by atoms with E-state index in [1.807, 2.05) is 13.8 Å². The highest BCUT2D eigenvalue weighted by atomic mass is 32.2. The van der Waals surface area contributed by atoms with Crippen molar-refractivity contribution in [2.24, 2.45) is 4.40 Å². The highest BCUT2D eigenvalue weighted by Gasteiger charge is 2.22. The lowest BCUT2D eigenvalue weighted by Gasteiger charge is -2.13. The van der Waals surface area contributed by atoms with Crippen molar-refractivity contribution in [3.63, 3.8) is 0 Å². The Morgan fingerprint density at radius 1 is 1.62 bits per heavy atom. The molecule has 7 heteroatoms. The zero-order valence-electron chi connectivity index (χ0n) is 9.93. The van der Waals surface area contributed by atoms with E-state index in [1.165, 1.54) is 11.4 Å². The summed E-state index contributed by atoms with van der Waals surface area (Å²) >= 11 is 0. The predicted molar refractivity (Wildman–Crippen MR) is 62.2 cm³/mol. The molecule has 0 amide bonds. The van der Waals surface area contributed by atoms with Crippen LogP contribution in [0.15, 0.2) is 4.40 Å². The topological polar surface area (TPSA) is 71.0 Å². The van der Waals surface area contributed by atoms with Crippen molar-refractivity contribution in [3.05, 3.63) is 0 Å². The van der Waals surface area contributed by atoms with Crippen LogP contribution in [0.2, 0.25) is 0 Å². The summed E-state index contributed by atoms with van der Waals surface area (Å²) in [5, 5.41) is 0. The summed E-state index contributed by atoms with van der Waals surface area (Å²) in [6, 6.07) is 0. The van der Waals surface area contributed by atoms with Gasteiger partial charge < -0.3 is 0 Å². The van der Waals surface area contributed by atoms with Gasteiger partial charge in [0.1, 0.15) is 5.84 Å². The maximum atomic E-state index is 11.7. The van der Waals surface area contributed by atoms with Crippen LogP contribution in [0.5, 0.6) is 0 Å². The van der Waals surface area contributed by atoms with Gasteiger partial charge in [-0.2, -0.15) is 12.7 Å². The molecule has 16 heavy (non-hydrogen) atoms. The first-order valence-corrected chi connectivity index (χ1v) is 6.82. The summed E-state index contributed by atoms with van der Waals surface area (Å²) in [6.45, 7) is 4.36. The first-order chi connectivity index (χ1) is 7.45. The molecule has 0 aromatic carbocycles. The predicted octanol–water partition coefficient (Wildman–Crippen LogP) is 0.675. The molecule has 6 nitrogen and oxygen atoms in total. The van der Waals surface area contributed by atoms with Crippen LogP contribution < -0.4 is 5.48 Å². The Bertz CT molecular complexity index is 353. The molecular formula is C9H19N3O3S. The minimum atomic E-state index is -3.56. The molecule has 1 N–H and O–H groups in total. The van der Waals surface area contributed by atoms with E-state index in [0.717, 1.165) is 12.8 Å². The molecule has 94 valence electrons. The van der Waals surface area contributed by atoms with Crippen LogP contribution in [0.25, 0.3) is 0 Å². The highest BCUT2D eigenvalue weighted by molar-refractivity contribution is 7.87. The van der Waals surface area contributed by atoms with Gasteiger partial charge in [-0.05, 0) is 13.3 Å². The Kier molecular flexibility index (Phi) is 4.69. The van der Waals surface area contributed by atoms with Gasteiger partial charge in [-0.15, -0.1) is 4.40 Å². The van der Waals surface area contributed by atoms with E-state index >= 15 is 0 Å². The SMILES string of the molecule is CCCCN(C)S(=O)(=O)/N=C1/CC(C)ON1. The van der Waals surface area contributed by atoms with Gasteiger partial charge in [0, 0.05) is 20.0 Å². The van der Waals surface area contributed by atoms with Crippen LogP contribution >= 0.6 is 0 Å². The average Bonchev–Trinajstić information content (AvgIpc) is 2.59. The fraction of sp³-hybridized carbons (Fsp3) is 0.889. The van der Waals surface area contributed by atoms with Gasteiger partial charge >= 0.3 is 10.2 Å². The van der Waals surface area contributed by atoms with E-state index in [1.54, 1.807) is 0 Å². The van der Waals surface area contributed by atoms with Crippen LogP contribution in [-0.2, 0) is 15.0 Å². The third-order valence-corrected chi connectivity index (χ3v) is 3.73. The van der Waals surface area contributed by atoms with Gasteiger partial charge in [0.05, 0.1) is 6.10 Å². The minimum absolute atomic E-state index is 0.0325. The zero-order chi connectivity index (χ0) is 12.2. The second-order valence-corrected chi connectivity index (χ2v) is 5.63. The number of rotatable bonds is 5. The molecule has 1 atom stereocenters. The number of unbranched alkanes of at least 4 members (excludes halogenated alkanes) is 1. The molecule has 1 saturated heterocycles. The maximum absolute atomic E-state index is 11.7. The summed E-state index contributed by atoms with van der Waals surface area (Å²) in [4.78, 5) is 5.01. The first-order valence-electron chi connectivity index (χ1n) is 5.42. The first kappa shape index (κ1) is 13.4. The van der Waals surface area contributed by atoms with E-state index < -0.39 is 10.2 Å². The lowest BCUT2D eigenvalue weighted by molar-refractivity contribution is 0.0575. The molecule has 1 heterocycles. The lowest BCUT2D eigenvalue weighted by Crippen LogP contribution is -2.28. The van der Waals surface area contributed by atoms with E-state index in [0.29, 0.717) is 18.8 Å². The minimum Gasteiger partial charge on any atom is -0.271 e. The largest absolute Gasteiger partial charge is 0.323 e. The second kappa shape index (κ2) is 5.60. The number of amidine groups is 1. The molecule has 0 saturated carbocycles. The standard InChI is InChI=1S/C9H19N3O3S/c1-4-5-6-12(3)16(13,14)11-9-7-8(2)15-10-9/h8H,4-7H2,1-3H3,(H,10,11). The zero-order valence-corrected chi connectivity index (χ0v) is 10.7. The molecule has 1 aliphatic heterocycles. The normalized spacial score (nSPS) is 24.0. The fourth-order valence-electron chi connectivity index (χ4n) is 1.29. The third-order valence-electron chi connectivity index (χ3n) is 2.30. The van der Waals surface area contributed by atoms with Crippen LogP contribution in [0.1, 0.15) is 33.1 Å². The number of nitrogens with one attached hydrogen (secondary N) is 1. The summed E-state index contributed by atoms with van der Waals surface area (Å²) in [5.74, 6) is 0.371. The molecule has 0 spiro atoms. The van der Waals surface area contributed by atoms with Crippen LogP contribution in [0, 0.1) is 0 Å². The van der Waals surface area contributed by atoms with E-state index in [4.69, 9.17) is 4.84 Å². The van der Waals surface area contributed by atoms with Crippen molar-refractivity contribution in [1.29, 1.82) is 0 Å². The number of hydrogen-bond donors (Lipinski definition) is 1. The van der Waals surface area contributed by atoms with Gasteiger partial charge in [-0.25, -0.2) is 0 Å². The van der Waals surface area contributed by atoms with Crippen molar-refractivity contribution in [1.82, 2.24) is 9.79 Å². The molecule has 0 bridgehead atoms. The Labute approximate surface area is 96.8 Å². The lowest BCUT2D eigenvalue weighted by atomic mass is 10.3. The van der Waals surface area contributed by atoms with Crippen LogP contribution in [-0.4, -0.2) is 38.3 Å². The summed E-state index contributed by atoms with van der Waals surface area (Å²) in [6.07, 6.45) is 2.26. The molecule has 0 radical (unpaired) electrons. The van der Waals surface area contributed by atoms with Gasteiger partial charge in [-0.1, -0.05) is 13.3 Å². The molecule has 0 aromatic rings. The van der Waals surface area contributed by atoms with Gasteiger partial charge in [-0.3, -0.25) is 10.3 Å². The Morgan fingerprint density at radius 2 is 2.31 bits per heavy atom. The van der Waals surface area contributed by atoms with Crippen LogP contribution in [0.4, 0.5) is 0 Å². The molecule has 1 fully saturated rings. The third kappa shape index (κ3) is 3.73. The summed E-state index contributed by atoms with van der Waals surface area (Å²) < 4.78 is 28.4. The van der Waals surface area contributed by atoms with Gasteiger partial charge in [0.25, 0.3) is 0 Å². The second-order valence-electron chi connectivity index (χ2n) is 3.93. The number of nitrogens with zero attached hydrogens (tertiary/aromatic N) is 2. The smallest absolute Gasteiger partial charge is 0.271 e. The van der Waals surface area contributed by atoms with E-state index in [9.17, 15) is 8.42 Å².